The smallest absolute Gasteiger partial charge is 0.144 e. The Morgan fingerprint density at radius 2 is 2.50 bits per heavy atom. The van der Waals surface area contributed by atoms with Gasteiger partial charge in [0.2, 0.25) is 0 Å². The monoisotopic (exact) mass is 152 g/mol. The van der Waals surface area contributed by atoms with E-state index in [1.807, 2.05) is 17.5 Å². The molecular formula is C5H4N4S. The SMILES string of the molecule is c1csc(-n2cnnn2)c1. The molecule has 0 bridgehead atoms. The van der Waals surface area contributed by atoms with Crippen molar-refractivity contribution >= 4 is 11.3 Å². The van der Waals surface area contributed by atoms with Gasteiger partial charge in [-0.25, -0.2) is 0 Å². The van der Waals surface area contributed by atoms with E-state index in [1.54, 1.807) is 22.3 Å². The number of nitrogens with zero attached hydrogens (tertiary/aromatic N) is 4. The molecule has 0 amide bonds. The molecule has 0 radical (unpaired) electrons. The molecule has 2 aromatic rings. The van der Waals surface area contributed by atoms with Gasteiger partial charge < -0.3 is 0 Å². The molecule has 0 spiro atoms. The first-order chi connectivity index (χ1) is 4.97. The minimum atomic E-state index is 1.03. The topological polar surface area (TPSA) is 43.6 Å². The molecule has 2 heterocycles. The molecule has 0 aliphatic rings. The van der Waals surface area contributed by atoms with Crippen LogP contribution in [0, 0.1) is 0 Å². The number of tetrazole rings is 1. The van der Waals surface area contributed by atoms with Crippen LogP contribution in [-0.4, -0.2) is 20.2 Å². The molecule has 5 heteroatoms. The van der Waals surface area contributed by atoms with Gasteiger partial charge in [-0.2, -0.15) is 4.68 Å². The number of hydrogen-bond acceptors (Lipinski definition) is 4. The Balaban J connectivity index is 2.48. The summed E-state index contributed by atoms with van der Waals surface area (Å²) in [4.78, 5) is 0. The van der Waals surface area contributed by atoms with Crippen LogP contribution in [0.25, 0.3) is 5.00 Å². The Morgan fingerprint density at radius 1 is 1.50 bits per heavy atom. The molecule has 0 aliphatic heterocycles. The molecule has 0 fully saturated rings. The highest BCUT2D eigenvalue weighted by Crippen LogP contribution is 2.11. The highest BCUT2D eigenvalue weighted by Gasteiger charge is 1.95. The van der Waals surface area contributed by atoms with E-state index in [2.05, 4.69) is 15.5 Å². The van der Waals surface area contributed by atoms with Crippen molar-refractivity contribution in [2.75, 3.05) is 0 Å². The van der Waals surface area contributed by atoms with Crippen LogP contribution in [0.3, 0.4) is 0 Å². The summed E-state index contributed by atoms with van der Waals surface area (Å²) >= 11 is 1.60. The second-order valence-electron chi connectivity index (χ2n) is 1.71. The van der Waals surface area contributed by atoms with Crippen molar-refractivity contribution in [2.24, 2.45) is 0 Å². The van der Waals surface area contributed by atoms with Crippen LogP contribution in [0.1, 0.15) is 0 Å². The van der Waals surface area contributed by atoms with E-state index >= 15 is 0 Å². The molecule has 10 heavy (non-hydrogen) atoms. The average molecular weight is 152 g/mol. The van der Waals surface area contributed by atoms with E-state index < -0.39 is 0 Å². The highest BCUT2D eigenvalue weighted by molar-refractivity contribution is 7.12. The Kier molecular flexibility index (Phi) is 1.21. The molecule has 2 rings (SSSR count). The fourth-order valence-electron chi connectivity index (χ4n) is 0.663. The Morgan fingerprint density at radius 3 is 3.10 bits per heavy atom. The molecule has 0 N–H and O–H groups in total. The molecule has 0 unspecified atom stereocenters. The Bertz CT molecular complexity index is 253. The Hall–Kier alpha value is -1.23. The van der Waals surface area contributed by atoms with Gasteiger partial charge in [-0.15, -0.1) is 16.4 Å². The van der Waals surface area contributed by atoms with Gasteiger partial charge in [0, 0.05) is 0 Å². The van der Waals surface area contributed by atoms with Crippen LogP contribution in [-0.2, 0) is 0 Å². The number of thiophene rings is 1. The summed E-state index contributed by atoms with van der Waals surface area (Å²) < 4.78 is 1.63. The van der Waals surface area contributed by atoms with Crippen LogP contribution in [0.15, 0.2) is 23.8 Å². The fourth-order valence-corrected chi connectivity index (χ4v) is 1.31. The third-order valence-electron chi connectivity index (χ3n) is 1.08. The Labute approximate surface area is 61.1 Å². The first kappa shape index (κ1) is 5.55. The molecule has 50 valence electrons. The summed E-state index contributed by atoms with van der Waals surface area (Å²) in [6.45, 7) is 0. The van der Waals surface area contributed by atoms with Gasteiger partial charge in [0.25, 0.3) is 0 Å². The summed E-state index contributed by atoms with van der Waals surface area (Å²) in [5, 5.41) is 13.8. The molecule has 0 atom stereocenters. The number of hydrogen-bond donors (Lipinski definition) is 0. The standard InChI is InChI=1S/C5H4N4S/c1-2-5(10-3-1)9-4-6-7-8-9/h1-4H. The van der Waals surface area contributed by atoms with Gasteiger partial charge in [0.15, 0.2) is 0 Å². The van der Waals surface area contributed by atoms with Gasteiger partial charge in [-0.05, 0) is 27.9 Å². The van der Waals surface area contributed by atoms with Gasteiger partial charge in [-0.1, -0.05) is 0 Å². The van der Waals surface area contributed by atoms with Crippen LogP contribution < -0.4 is 0 Å². The predicted molar refractivity (Wildman–Crippen MR) is 37.0 cm³/mol. The normalized spacial score (nSPS) is 10.0. The summed E-state index contributed by atoms with van der Waals surface area (Å²) in [7, 11) is 0. The summed E-state index contributed by atoms with van der Waals surface area (Å²) in [5.41, 5.74) is 0. The lowest BCUT2D eigenvalue weighted by atomic mass is 10.6. The van der Waals surface area contributed by atoms with Crippen molar-refractivity contribution in [3.05, 3.63) is 23.8 Å². The first-order valence-corrected chi connectivity index (χ1v) is 3.61. The largest absolute Gasteiger partial charge is 0.190 e. The van der Waals surface area contributed by atoms with Gasteiger partial charge >= 0.3 is 0 Å². The van der Waals surface area contributed by atoms with Crippen LogP contribution in [0.2, 0.25) is 0 Å². The number of rotatable bonds is 1. The summed E-state index contributed by atoms with van der Waals surface area (Å²) in [6.07, 6.45) is 1.58. The molecular weight excluding hydrogens is 148 g/mol. The molecule has 0 aromatic carbocycles. The lowest BCUT2D eigenvalue weighted by Crippen LogP contribution is -1.89. The predicted octanol–water partition coefficient (Wildman–Crippen LogP) is 0.724. The maximum atomic E-state index is 3.72. The zero-order chi connectivity index (χ0) is 6.81. The minimum absolute atomic E-state index is 1.03. The van der Waals surface area contributed by atoms with Crippen molar-refractivity contribution in [1.29, 1.82) is 0 Å². The van der Waals surface area contributed by atoms with E-state index in [0.717, 1.165) is 5.00 Å². The van der Waals surface area contributed by atoms with Gasteiger partial charge in [-0.3, -0.25) is 0 Å². The zero-order valence-electron chi connectivity index (χ0n) is 5.01. The van der Waals surface area contributed by atoms with Crippen LogP contribution in [0.4, 0.5) is 0 Å². The quantitative estimate of drug-likeness (QED) is 0.604. The first-order valence-electron chi connectivity index (χ1n) is 2.74. The second-order valence-corrected chi connectivity index (χ2v) is 2.63. The van der Waals surface area contributed by atoms with Gasteiger partial charge in [0.1, 0.15) is 11.3 Å². The van der Waals surface area contributed by atoms with E-state index in [9.17, 15) is 0 Å². The fraction of sp³-hybridized carbons (Fsp3) is 0. The van der Waals surface area contributed by atoms with Crippen molar-refractivity contribution in [1.82, 2.24) is 20.2 Å². The van der Waals surface area contributed by atoms with E-state index in [0.29, 0.717) is 0 Å². The van der Waals surface area contributed by atoms with Crippen molar-refractivity contribution in [3.63, 3.8) is 0 Å². The zero-order valence-corrected chi connectivity index (χ0v) is 5.82. The molecule has 2 aromatic heterocycles. The summed E-state index contributed by atoms with van der Waals surface area (Å²) in [5.74, 6) is 0. The van der Waals surface area contributed by atoms with Crippen molar-refractivity contribution in [3.8, 4) is 5.00 Å². The second kappa shape index (κ2) is 2.18. The third-order valence-corrected chi connectivity index (χ3v) is 1.94. The number of aromatic nitrogens is 4. The van der Waals surface area contributed by atoms with Gasteiger partial charge in [0.05, 0.1) is 0 Å². The maximum absolute atomic E-state index is 3.72. The lowest BCUT2D eigenvalue weighted by Gasteiger charge is -1.87. The van der Waals surface area contributed by atoms with E-state index in [1.165, 1.54) is 0 Å². The molecule has 0 saturated carbocycles. The molecule has 0 aliphatic carbocycles. The van der Waals surface area contributed by atoms with E-state index in [-0.39, 0.29) is 0 Å². The molecule has 4 nitrogen and oxygen atoms in total. The van der Waals surface area contributed by atoms with Crippen molar-refractivity contribution < 1.29 is 0 Å². The third kappa shape index (κ3) is 0.801. The van der Waals surface area contributed by atoms with Crippen LogP contribution in [0.5, 0.6) is 0 Å². The maximum Gasteiger partial charge on any atom is 0.144 e. The lowest BCUT2D eigenvalue weighted by molar-refractivity contribution is 0.798. The van der Waals surface area contributed by atoms with Crippen molar-refractivity contribution in [2.45, 2.75) is 0 Å². The average Bonchev–Trinajstić information content (AvgIpc) is 2.59. The van der Waals surface area contributed by atoms with E-state index in [4.69, 9.17) is 0 Å². The molecule has 0 saturated heterocycles. The minimum Gasteiger partial charge on any atom is -0.190 e. The summed E-state index contributed by atoms with van der Waals surface area (Å²) in [6, 6.07) is 3.92. The van der Waals surface area contributed by atoms with Crippen LogP contribution >= 0.6 is 11.3 Å². The highest BCUT2D eigenvalue weighted by atomic mass is 32.1.